The van der Waals surface area contributed by atoms with E-state index in [0.29, 0.717) is 15.8 Å². The number of hydrogen-bond acceptors (Lipinski definition) is 6. The van der Waals surface area contributed by atoms with Gasteiger partial charge in [-0.3, -0.25) is 0 Å². The van der Waals surface area contributed by atoms with Crippen molar-refractivity contribution in [3.05, 3.63) is 88.1 Å². The van der Waals surface area contributed by atoms with Gasteiger partial charge in [0.05, 0.1) is 6.21 Å². The molecule has 0 amide bonds. The minimum Gasteiger partial charge on any atom is -0.422 e. The van der Waals surface area contributed by atoms with Gasteiger partial charge < -0.3 is 10.5 Å². The van der Waals surface area contributed by atoms with E-state index in [-0.39, 0.29) is 5.97 Å². The highest BCUT2D eigenvalue weighted by Gasteiger charge is 2.09. The third kappa shape index (κ3) is 6.09. The van der Waals surface area contributed by atoms with Crippen molar-refractivity contribution >= 4 is 40.5 Å². The van der Waals surface area contributed by atoms with E-state index in [2.05, 4.69) is 10.2 Å². The Bertz CT molecular complexity index is 939. The van der Waals surface area contributed by atoms with E-state index < -0.39 is 0 Å². The van der Waals surface area contributed by atoms with Gasteiger partial charge in [-0.25, -0.2) is 4.79 Å². The molecule has 7 heteroatoms. The van der Waals surface area contributed by atoms with Gasteiger partial charge >= 0.3 is 5.97 Å². The quantitative estimate of drug-likeness (QED) is 0.218. The van der Waals surface area contributed by atoms with Crippen molar-refractivity contribution in [2.24, 2.45) is 15.9 Å². The Balaban J connectivity index is 1.56. The molecule has 0 aliphatic heterocycles. The molecule has 0 fully saturated rings. The molecule has 0 unspecified atom stereocenters. The van der Waals surface area contributed by atoms with Crippen LogP contribution in [-0.2, 0) is 5.75 Å². The summed E-state index contributed by atoms with van der Waals surface area (Å²) < 4.78 is 5.36. The minimum atomic E-state index is -0.376. The van der Waals surface area contributed by atoms with Crippen LogP contribution >= 0.6 is 23.1 Å². The Morgan fingerprint density at radius 1 is 1.11 bits per heavy atom. The van der Waals surface area contributed by atoms with Crippen LogP contribution in [0.25, 0.3) is 0 Å². The summed E-state index contributed by atoms with van der Waals surface area (Å²) in [6, 6.07) is 20.6. The molecule has 1 heterocycles. The van der Waals surface area contributed by atoms with Crippen LogP contribution < -0.4 is 10.5 Å². The summed E-state index contributed by atoms with van der Waals surface area (Å²) in [7, 11) is 0. The zero-order valence-electron chi connectivity index (χ0n) is 14.3. The smallest absolute Gasteiger partial charge is 0.353 e. The van der Waals surface area contributed by atoms with Crippen LogP contribution in [0.5, 0.6) is 5.75 Å². The molecule has 0 radical (unpaired) electrons. The number of thiophene rings is 1. The average Bonchev–Trinajstić information content (AvgIpc) is 3.23. The summed E-state index contributed by atoms with van der Waals surface area (Å²) in [5.74, 6) is 0.811. The largest absolute Gasteiger partial charge is 0.422 e. The van der Waals surface area contributed by atoms with Crippen LogP contribution in [0.2, 0.25) is 0 Å². The standard InChI is InChI=1S/C20H17N3O2S2/c21-20(27-14-15-6-2-1-3-7-15)23-22-13-16-8-4-9-17(12-16)25-19(24)18-10-5-11-26-18/h1-13H,14H2,(H2,21,23). The molecule has 0 spiro atoms. The Morgan fingerprint density at radius 2 is 1.96 bits per heavy atom. The van der Waals surface area contributed by atoms with E-state index in [4.69, 9.17) is 10.5 Å². The maximum Gasteiger partial charge on any atom is 0.353 e. The van der Waals surface area contributed by atoms with Gasteiger partial charge in [0.2, 0.25) is 0 Å². The van der Waals surface area contributed by atoms with E-state index in [0.717, 1.165) is 11.3 Å². The third-order valence-corrected chi connectivity index (χ3v) is 5.09. The second-order valence-electron chi connectivity index (χ2n) is 5.40. The number of nitrogens with zero attached hydrogens (tertiary/aromatic N) is 2. The van der Waals surface area contributed by atoms with E-state index >= 15 is 0 Å². The molecule has 0 atom stereocenters. The van der Waals surface area contributed by atoms with Crippen molar-refractivity contribution in [3.8, 4) is 5.75 Å². The Hall–Kier alpha value is -2.90. The molecule has 27 heavy (non-hydrogen) atoms. The number of hydrogen-bond donors (Lipinski definition) is 1. The summed E-state index contributed by atoms with van der Waals surface area (Å²) in [5, 5.41) is 10.2. The van der Waals surface area contributed by atoms with Gasteiger partial charge in [0.25, 0.3) is 0 Å². The Morgan fingerprint density at radius 3 is 2.74 bits per heavy atom. The van der Waals surface area contributed by atoms with E-state index in [1.807, 2.05) is 47.8 Å². The summed E-state index contributed by atoms with van der Waals surface area (Å²) in [4.78, 5) is 12.5. The molecule has 136 valence electrons. The summed E-state index contributed by atoms with van der Waals surface area (Å²) in [6.07, 6.45) is 1.57. The molecule has 3 rings (SSSR count). The maximum absolute atomic E-state index is 12.0. The van der Waals surface area contributed by atoms with Crippen LogP contribution in [0.15, 0.2) is 82.3 Å². The number of amidine groups is 1. The van der Waals surface area contributed by atoms with Crippen molar-refractivity contribution in [2.75, 3.05) is 0 Å². The van der Waals surface area contributed by atoms with Gasteiger partial charge in [0.15, 0.2) is 5.17 Å². The van der Waals surface area contributed by atoms with Gasteiger partial charge in [-0.15, -0.1) is 16.4 Å². The second kappa shape index (κ2) is 9.70. The highest BCUT2D eigenvalue weighted by atomic mass is 32.2. The fraction of sp³-hybridized carbons (Fsp3) is 0.0500. The number of thioether (sulfide) groups is 1. The molecular formula is C20H17N3O2S2. The van der Waals surface area contributed by atoms with Crippen LogP contribution in [-0.4, -0.2) is 17.4 Å². The summed E-state index contributed by atoms with van der Waals surface area (Å²) in [5.41, 5.74) is 7.80. The van der Waals surface area contributed by atoms with Crippen LogP contribution in [0, 0.1) is 0 Å². The zero-order valence-corrected chi connectivity index (χ0v) is 16.0. The summed E-state index contributed by atoms with van der Waals surface area (Å²) >= 11 is 2.76. The van der Waals surface area contributed by atoms with Crippen molar-refractivity contribution < 1.29 is 9.53 Å². The zero-order chi connectivity index (χ0) is 18.9. The molecule has 2 aromatic carbocycles. The van der Waals surface area contributed by atoms with E-state index in [9.17, 15) is 4.79 Å². The molecular weight excluding hydrogens is 378 g/mol. The monoisotopic (exact) mass is 395 g/mol. The molecule has 0 aliphatic carbocycles. The number of nitrogens with two attached hydrogens (primary N) is 1. The van der Waals surface area contributed by atoms with Crippen molar-refractivity contribution in [2.45, 2.75) is 5.75 Å². The Labute approximate surface area is 165 Å². The second-order valence-corrected chi connectivity index (χ2v) is 7.34. The fourth-order valence-electron chi connectivity index (χ4n) is 2.12. The maximum atomic E-state index is 12.0. The van der Waals surface area contributed by atoms with Gasteiger partial charge in [-0.1, -0.05) is 60.3 Å². The lowest BCUT2D eigenvalue weighted by Gasteiger charge is -2.03. The number of ether oxygens (including phenoxy) is 1. The van der Waals surface area contributed by atoms with Gasteiger partial charge in [0.1, 0.15) is 10.6 Å². The van der Waals surface area contributed by atoms with Crippen molar-refractivity contribution in [1.82, 2.24) is 0 Å². The molecule has 5 nitrogen and oxygen atoms in total. The van der Waals surface area contributed by atoms with E-state index in [1.54, 1.807) is 30.5 Å². The topological polar surface area (TPSA) is 77.0 Å². The van der Waals surface area contributed by atoms with Crippen molar-refractivity contribution in [3.63, 3.8) is 0 Å². The molecule has 0 saturated heterocycles. The van der Waals surface area contributed by atoms with Crippen LogP contribution in [0.3, 0.4) is 0 Å². The predicted octanol–water partition coefficient (Wildman–Crippen LogP) is 4.55. The first-order valence-corrected chi connectivity index (χ1v) is 9.96. The minimum absolute atomic E-state index is 0.376. The van der Waals surface area contributed by atoms with Crippen LogP contribution in [0.1, 0.15) is 20.8 Å². The molecule has 0 aliphatic rings. The normalized spacial score (nSPS) is 11.6. The number of rotatable bonds is 6. The third-order valence-electron chi connectivity index (χ3n) is 3.38. The van der Waals surface area contributed by atoms with Gasteiger partial charge in [0, 0.05) is 5.75 Å². The lowest BCUT2D eigenvalue weighted by atomic mass is 10.2. The molecule has 0 bridgehead atoms. The van der Waals surface area contributed by atoms with Crippen molar-refractivity contribution in [1.29, 1.82) is 0 Å². The highest BCUT2D eigenvalue weighted by molar-refractivity contribution is 8.13. The van der Waals surface area contributed by atoms with E-state index in [1.165, 1.54) is 28.7 Å². The first kappa shape index (κ1) is 18.9. The first-order chi connectivity index (χ1) is 13.2. The number of carbonyl (C=O) groups is 1. The lowest BCUT2D eigenvalue weighted by Crippen LogP contribution is -2.06. The molecule has 0 saturated carbocycles. The first-order valence-electron chi connectivity index (χ1n) is 8.10. The summed E-state index contributed by atoms with van der Waals surface area (Å²) in [6.45, 7) is 0. The van der Waals surface area contributed by atoms with Crippen LogP contribution in [0.4, 0.5) is 0 Å². The Kier molecular flexibility index (Phi) is 6.78. The molecule has 2 N–H and O–H groups in total. The average molecular weight is 396 g/mol. The lowest BCUT2D eigenvalue weighted by molar-refractivity contribution is 0.0740. The number of esters is 1. The number of benzene rings is 2. The van der Waals surface area contributed by atoms with Gasteiger partial charge in [-0.05, 0) is 34.7 Å². The SMILES string of the molecule is NC(=NN=Cc1cccc(OC(=O)c2cccs2)c1)SCc1ccccc1. The molecule has 3 aromatic rings. The highest BCUT2D eigenvalue weighted by Crippen LogP contribution is 2.17. The predicted molar refractivity (Wildman–Crippen MR) is 113 cm³/mol. The number of carbonyl (C=O) groups excluding carboxylic acids is 1. The molecule has 1 aromatic heterocycles. The fourth-order valence-corrected chi connectivity index (χ4v) is 3.33. The van der Waals surface area contributed by atoms with Gasteiger partial charge in [-0.2, -0.15) is 5.10 Å².